The first-order valence-corrected chi connectivity index (χ1v) is 5.33. The highest BCUT2D eigenvalue weighted by Crippen LogP contribution is 2.23. The van der Waals surface area contributed by atoms with Crippen molar-refractivity contribution in [2.75, 3.05) is 12.3 Å². The number of hydrogen-bond acceptors (Lipinski definition) is 3. The predicted octanol–water partition coefficient (Wildman–Crippen LogP) is 2.02. The maximum Gasteiger partial charge on any atom is 0.139 e. The molecule has 0 atom stereocenters. The van der Waals surface area contributed by atoms with Crippen LogP contribution in [0.15, 0.2) is 42.7 Å². The molecule has 1 aromatic carbocycles. The van der Waals surface area contributed by atoms with E-state index in [2.05, 4.69) is 6.07 Å². The molecule has 0 aliphatic rings. The number of rotatable bonds is 4. The van der Waals surface area contributed by atoms with Gasteiger partial charge in [0.05, 0.1) is 12.2 Å². The second-order valence-electron chi connectivity index (χ2n) is 3.60. The standard InChI is InChI=1S/C13H13N3O/c14-10-11-12(15)4-3-5-13(11)17-9-8-16-6-1-2-7-16/h1-7H,8-9,15H2. The molecule has 4 nitrogen and oxygen atoms in total. The largest absolute Gasteiger partial charge is 0.490 e. The molecule has 0 saturated heterocycles. The van der Waals surface area contributed by atoms with Crippen LogP contribution in [0, 0.1) is 11.3 Å². The Bertz CT molecular complexity index is 526. The molecule has 0 aliphatic carbocycles. The first-order valence-electron chi connectivity index (χ1n) is 5.33. The summed E-state index contributed by atoms with van der Waals surface area (Å²) in [5.74, 6) is 0.541. The van der Waals surface area contributed by atoms with E-state index in [9.17, 15) is 0 Å². The molecule has 0 unspecified atom stereocenters. The van der Waals surface area contributed by atoms with Gasteiger partial charge in [-0.15, -0.1) is 0 Å². The molecule has 0 aliphatic heterocycles. The van der Waals surface area contributed by atoms with Gasteiger partial charge in [-0.05, 0) is 24.3 Å². The quantitative estimate of drug-likeness (QED) is 0.813. The summed E-state index contributed by atoms with van der Waals surface area (Å²) in [6.07, 6.45) is 3.93. The van der Waals surface area contributed by atoms with E-state index in [1.807, 2.05) is 29.1 Å². The minimum Gasteiger partial charge on any atom is -0.490 e. The number of nitriles is 1. The molecule has 2 rings (SSSR count). The maximum atomic E-state index is 8.97. The van der Waals surface area contributed by atoms with Crippen LogP contribution in [0.25, 0.3) is 0 Å². The van der Waals surface area contributed by atoms with E-state index in [0.717, 1.165) is 6.54 Å². The van der Waals surface area contributed by atoms with Crippen LogP contribution in [0.5, 0.6) is 5.75 Å². The van der Waals surface area contributed by atoms with E-state index in [-0.39, 0.29) is 0 Å². The third kappa shape index (κ3) is 2.58. The van der Waals surface area contributed by atoms with Crippen LogP contribution < -0.4 is 10.5 Å². The molecule has 0 radical (unpaired) electrons. The number of nitrogen functional groups attached to an aromatic ring is 1. The van der Waals surface area contributed by atoms with Crippen molar-refractivity contribution < 1.29 is 4.74 Å². The molecular weight excluding hydrogens is 214 g/mol. The Kier molecular flexibility index (Phi) is 3.31. The van der Waals surface area contributed by atoms with Gasteiger partial charge in [0, 0.05) is 12.4 Å². The van der Waals surface area contributed by atoms with Crippen LogP contribution in [0.3, 0.4) is 0 Å². The summed E-state index contributed by atoms with van der Waals surface area (Å²) in [5, 5.41) is 8.97. The summed E-state index contributed by atoms with van der Waals surface area (Å²) in [5.41, 5.74) is 6.54. The van der Waals surface area contributed by atoms with Gasteiger partial charge >= 0.3 is 0 Å². The van der Waals surface area contributed by atoms with Crippen molar-refractivity contribution >= 4 is 5.69 Å². The zero-order valence-electron chi connectivity index (χ0n) is 9.34. The second kappa shape index (κ2) is 5.08. The molecule has 0 bridgehead atoms. The Morgan fingerprint density at radius 1 is 1.24 bits per heavy atom. The molecule has 0 saturated carbocycles. The van der Waals surface area contributed by atoms with Crippen molar-refractivity contribution in [1.29, 1.82) is 5.26 Å². The molecule has 2 aromatic rings. The smallest absolute Gasteiger partial charge is 0.139 e. The van der Waals surface area contributed by atoms with Crippen LogP contribution in [-0.2, 0) is 6.54 Å². The normalized spacial score (nSPS) is 9.82. The van der Waals surface area contributed by atoms with Gasteiger partial charge in [-0.25, -0.2) is 0 Å². The van der Waals surface area contributed by atoms with E-state index in [1.54, 1.807) is 18.2 Å². The fraction of sp³-hybridized carbons (Fsp3) is 0.154. The van der Waals surface area contributed by atoms with Gasteiger partial charge in [-0.3, -0.25) is 0 Å². The average Bonchev–Trinajstić information content (AvgIpc) is 2.82. The van der Waals surface area contributed by atoms with Crippen LogP contribution in [-0.4, -0.2) is 11.2 Å². The number of anilines is 1. The summed E-state index contributed by atoms with van der Waals surface area (Å²) >= 11 is 0. The number of nitrogens with two attached hydrogens (primary N) is 1. The Morgan fingerprint density at radius 2 is 2.00 bits per heavy atom. The van der Waals surface area contributed by atoms with Gasteiger partial charge in [0.1, 0.15) is 24.0 Å². The molecule has 0 amide bonds. The lowest BCUT2D eigenvalue weighted by molar-refractivity contribution is 0.298. The van der Waals surface area contributed by atoms with Crippen LogP contribution in [0.4, 0.5) is 5.69 Å². The average molecular weight is 227 g/mol. The van der Waals surface area contributed by atoms with Crippen molar-refractivity contribution in [3.8, 4) is 11.8 Å². The van der Waals surface area contributed by atoms with Crippen molar-refractivity contribution in [2.45, 2.75) is 6.54 Å². The zero-order chi connectivity index (χ0) is 12.1. The van der Waals surface area contributed by atoms with Gasteiger partial charge in [0.25, 0.3) is 0 Å². The third-order valence-electron chi connectivity index (χ3n) is 2.44. The fourth-order valence-electron chi connectivity index (χ4n) is 1.57. The zero-order valence-corrected chi connectivity index (χ0v) is 9.34. The fourth-order valence-corrected chi connectivity index (χ4v) is 1.57. The van der Waals surface area contributed by atoms with Crippen molar-refractivity contribution in [1.82, 2.24) is 4.57 Å². The Hall–Kier alpha value is -2.41. The summed E-state index contributed by atoms with van der Waals surface area (Å²) < 4.78 is 7.57. The molecule has 2 N–H and O–H groups in total. The highest BCUT2D eigenvalue weighted by atomic mass is 16.5. The lowest BCUT2D eigenvalue weighted by atomic mass is 10.2. The van der Waals surface area contributed by atoms with Crippen LogP contribution >= 0.6 is 0 Å². The third-order valence-corrected chi connectivity index (χ3v) is 2.44. The Balaban J connectivity index is 2.00. The maximum absolute atomic E-state index is 8.97. The van der Waals surface area contributed by atoms with E-state index in [4.69, 9.17) is 15.7 Å². The van der Waals surface area contributed by atoms with Crippen LogP contribution in [0.1, 0.15) is 5.56 Å². The molecule has 17 heavy (non-hydrogen) atoms. The first kappa shape index (κ1) is 11.1. The van der Waals surface area contributed by atoms with Gasteiger partial charge in [-0.1, -0.05) is 6.07 Å². The summed E-state index contributed by atoms with van der Waals surface area (Å²) in [4.78, 5) is 0. The van der Waals surface area contributed by atoms with Gasteiger partial charge in [0.2, 0.25) is 0 Å². The number of hydrogen-bond donors (Lipinski definition) is 1. The van der Waals surface area contributed by atoms with Crippen molar-refractivity contribution in [3.63, 3.8) is 0 Å². The number of nitrogens with zero attached hydrogens (tertiary/aromatic N) is 2. The number of aromatic nitrogens is 1. The van der Waals surface area contributed by atoms with Gasteiger partial charge in [0.15, 0.2) is 0 Å². The monoisotopic (exact) mass is 227 g/mol. The number of ether oxygens (including phenoxy) is 1. The topological polar surface area (TPSA) is 64.0 Å². The highest BCUT2D eigenvalue weighted by molar-refractivity contribution is 5.60. The minimum absolute atomic E-state index is 0.403. The molecule has 1 aromatic heterocycles. The number of benzene rings is 1. The molecule has 4 heteroatoms. The highest BCUT2D eigenvalue weighted by Gasteiger charge is 2.06. The van der Waals surface area contributed by atoms with Gasteiger partial charge < -0.3 is 15.0 Å². The summed E-state index contributed by atoms with van der Waals surface area (Å²) in [6.45, 7) is 1.25. The molecular formula is C13H13N3O. The van der Waals surface area contributed by atoms with E-state index in [0.29, 0.717) is 23.6 Å². The summed E-state index contributed by atoms with van der Waals surface area (Å²) in [6, 6.07) is 11.2. The lowest BCUT2D eigenvalue weighted by Gasteiger charge is -2.09. The van der Waals surface area contributed by atoms with Crippen molar-refractivity contribution in [3.05, 3.63) is 48.3 Å². The minimum atomic E-state index is 0.403. The van der Waals surface area contributed by atoms with E-state index >= 15 is 0 Å². The van der Waals surface area contributed by atoms with Crippen molar-refractivity contribution in [2.24, 2.45) is 0 Å². The lowest BCUT2D eigenvalue weighted by Crippen LogP contribution is -2.07. The molecule has 0 spiro atoms. The molecule has 0 fully saturated rings. The second-order valence-corrected chi connectivity index (χ2v) is 3.60. The first-order chi connectivity index (χ1) is 8.31. The van der Waals surface area contributed by atoms with Crippen LogP contribution in [0.2, 0.25) is 0 Å². The summed E-state index contributed by atoms with van der Waals surface area (Å²) in [7, 11) is 0. The predicted molar refractivity (Wildman–Crippen MR) is 65.5 cm³/mol. The van der Waals surface area contributed by atoms with E-state index < -0.39 is 0 Å². The van der Waals surface area contributed by atoms with E-state index in [1.165, 1.54) is 0 Å². The Labute approximate surface area is 99.8 Å². The molecule has 1 heterocycles. The molecule has 86 valence electrons. The SMILES string of the molecule is N#Cc1c(N)cccc1OCCn1cccc1. The Morgan fingerprint density at radius 3 is 2.71 bits per heavy atom. The van der Waals surface area contributed by atoms with Gasteiger partial charge in [-0.2, -0.15) is 5.26 Å².